The van der Waals surface area contributed by atoms with Crippen LogP contribution < -0.4 is 10.6 Å². The molecule has 1 aliphatic heterocycles. The van der Waals surface area contributed by atoms with Gasteiger partial charge < -0.3 is 10.6 Å². The molecule has 2 atom stereocenters. The molecule has 112 valence electrons. The number of carbonyl (C=O) groups excluding carboxylic acids is 1. The summed E-state index contributed by atoms with van der Waals surface area (Å²) in [6.07, 6.45) is 2.46. The quantitative estimate of drug-likeness (QED) is 0.856. The van der Waals surface area contributed by atoms with Crippen LogP contribution in [0.15, 0.2) is 23.4 Å². The predicted octanol–water partition coefficient (Wildman–Crippen LogP) is 0.701. The first-order chi connectivity index (χ1) is 8.88. The van der Waals surface area contributed by atoms with Gasteiger partial charge in [-0.25, -0.2) is 13.4 Å². The highest BCUT2D eigenvalue weighted by atomic mass is 35.5. The molecule has 1 aliphatic rings. The minimum absolute atomic E-state index is 0. The van der Waals surface area contributed by atoms with Crippen LogP contribution in [0.5, 0.6) is 0 Å². The van der Waals surface area contributed by atoms with Crippen molar-refractivity contribution in [2.75, 3.05) is 24.7 Å². The van der Waals surface area contributed by atoms with E-state index in [4.69, 9.17) is 0 Å². The van der Waals surface area contributed by atoms with Crippen LogP contribution in [0.1, 0.15) is 6.92 Å². The van der Waals surface area contributed by atoms with Gasteiger partial charge in [-0.2, -0.15) is 0 Å². The number of carbonyl (C=O) groups is 1. The van der Waals surface area contributed by atoms with E-state index in [9.17, 15) is 13.2 Å². The third kappa shape index (κ3) is 3.91. The van der Waals surface area contributed by atoms with Gasteiger partial charge in [-0.3, -0.25) is 4.79 Å². The number of sulfone groups is 1. The lowest BCUT2D eigenvalue weighted by atomic mass is 9.97. The van der Waals surface area contributed by atoms with Crippen molar-refractivity contribution in [1.82, 2.24) is 10.3 Å². The number of hydrogen-bond donors (Lipinski definition) is 2. The summed E-state index contributed by atoms with van der Waals surface area (Å²) in [6, 6.07) is 2.94. The molecule has 2 N–H and O–H groups in total. The maximum Gasteiger partial charge on any atom is 0.229 e. The van der Waals surface area contributed by atoms with E-state index >= 15 is 0 Å². The molecule has 2 heterocycles. The van der Waals surface area contributed by atoms with Crippen LogP contribution in [-0.4, -0.2) is 38.7 Å². The van der Waals surface area contributed by atoms with Gasteiger partial charge in [0.1, 0.15) is 0 Å². The average molecular weight is 320 g/mol. The summed E-state index contributed by atoms with van der Waals surface area (Å²) in [5.74, 6) is 0.171. The second-order valence-electron chi connectivity index (χ2n) is 4.89. The number of nitrogens with one attached hydrogen (secondary N) is 2. The third-order valence-corrected chi connectivity index (χ3v) is 4.24. The van der Waals surface area contributed by atoms with Crippen molar-refractivity contribution in [2.24, 2.45) is 11.8 Å². The summed E-state index contributed by atoms with van der Waals surface area (Å²) in [6.45, 7) is 3.53. The number of aromatic nitrogens is 1. The fourth-order valence-corrected chi connectivity index (χ4v) is 2.63. The van der Waals surface area contributed by atoms with Gasteiger partial charge in [0.15, 0.2) is 14.9 Å². The molecule has 0 aliphatic carbocycles. The smallest absolute Gasteiger partial charge is 0.229 e. The molecule has 2 rings (SSSR count). The molecule has 1 amide bonds. The number of pyridine rings is 1. The summed E-state index contributed by atoms with van der Waals surface area (Å²) in [7, 11) is -3.31. The lowest BCUT2D eigenvalue weighted by Crippen LogP contribution is -2.27. The first-order valence-electron chi connectivity index (χ1n) is 6.05. The van der Waals surface area contributed by atoms with E-state index in [0.717, 1.165) is 12.8 Å². The van der Waals surface area contributed by atoms with E-state index in [1.807, 2.05) is 6.92 Å². The van der Waals surface area contributed by atoms with Gasteiger partial charge in [0.05, 0.1) is 17.8 Å². The molecular weight excluding hydrogens is 302 g/mol. The Bertz CT molecular complexity index is 574. The highest BCUT2D eigenvalue weighted by Gasteiger charge is 2.29. The summed E-state index contributed by atoms with van der Waals surface area (Å²) in [4.78, 5) is 15.8. The lowest BCUT2D eigenvalue weighted by Gasteiger charge is -2.14. The van der Waals surface area contributed by atoms with Gasteiger partial charge in [-0.1, -0.05) is 6.92 Å². The summed E-state index contributed by atoms with van der Waals surface area (Å²) >= 11 is 0. The Morgan fingerprint density at radius 2 is 2.10 bits per heavy atom. The van der Waals surface area contributed by atoms with E-state index in [0.29, 0.717) is 18.2 Å². The number of amides is 1. The molecule has 1 fully saturated rings. The monoisotopic (exact) mass is 319 g/mol. The van der Waals surface area contributed by atoms with Crippen LogP contribution in [0.25, 0.3) is 0 Å². The number of halogens is 1. The van der Waals surface area contributed by atoms with Gasteiger partial charge in [0, 0.05) is 12.8 Å². The minimum Gasteiger partial charge on any atom is -0.324 e. The van der Waals surface area contributed by atoms with Crippen molar-refractivity contribution >= 4 is 33.8 Å². The van der Waals surface area contributed by atoms with Crippen LogP contribution in [0, 0.1) is 11.8 Å². The van der Waals surface area contributed by atoms with Crippen LogP contribution in [0.3, 0.4) is 0 Å². The molecule has 0 saturated carbocycles. The van der Waals surface area contributed by atoms with Crippen LogP contribution in [-0.2, 0) is 14.6 Å². The first kappa shape index (κ1) is 16.9. The standard InChI is InChI=1S/C12H17N3O3S.ClH/c1-8-5-13-7-10(8)12(16)15-9-3-4-11(14-6-9)19(2,17)18;/h3-4,6,8,10,13H,5,7H2,1-2H3,(H,15,16);1H/t8-,10-;/m1./s1. The van der Waals surface area contributed by atoms with Crippen molar-refractivity contribution in [3.05, 3.63) is 18.3 Å². The third-order valence-electron chi connectivity index (χ3n) is 3.24. The summed E-state index contributed by atoms with van der Waals surface area (Å²) in [5, 5.41) is 5.92. The van der Waals surface area contributed by atoms with E-state index in [1.54, 1.807) is 6.07 Å². The fourth-order valence-electron chi connectivity index (χ4n) is 2.07. The van der Waals surface area contributed by atoms with Gasteiger partial charge >= 0.3 is 0 Å². The molecule has 0 spiro atoms. The Morgan fingerprint density at radius 3 is 2.55 bits per heavy atom. The second-order valence-corrected chi connectivity index (χ2v) is 6.85. The van der Waals surface area contributed by atoms with E-state index in [2.05, 4.69) is 15.6 Å². The highest BCUT2D eigenvalue weighted by molar-refractivity contribution is 7.90. The highest BCUT2D eigenvalue weighted by Crippen LogP contribution is 2.18. The minimum atomic E-state index is -3.31. The molecule has 0 radical (unpaired) electrons. The topological polar surface area (TPSA) is 88.2 Å². The van der Waals surface area contributed by atoms with Gasteiger partial charge in [0.2, 0.25) is 5.91 Å². The number of anilines is 1. The molecule has 0 unspecified atom stereocenters. The van der Waals surface area contributed by atoms with Crippen LogP contribution in [0.2, 0.25) is 0 Å². The Labute approximate surface area is 124 Å². The van der Waals surface area contributed by atoms with Crippen molar-refractivity contribution < 1.29 is 13.2 Å². The first-order valence-corrected chi connectivity index (χ1v) is 7.95. The van der Waals surface area contributed by atoms with Crippen molar-refractivity contribution in [2.45, 2.75) is 11.9 Å². The lowest BCUT2D eigenvalue weighted by molar-refractivity contribution is -0.120. The molecule has 0 bridgehead atoms. The summed E-state index contributed by atoms with van der Waals surface area (Å²) < 4.78 is 22.5. The maximum atomic E-state index is 12.0. The zero-order valence-corrected chi connectivity index (χ0v) is 12.9. The van der Waals surface area contributed by atoms with Crippen molar-refractivity contribution in [3.63, 3.8) is 0 Å². The molecule has 1 aromatic rings. The van der Waals surface area contributed by atoms with Crippen molar-refractivity contribution in [3.8, 4) is 0 Å². The van der Waals surface area contributed by atoms with E-state index in [1.165, 1.54) is 12.3 Å². The SMILES string of the molecule is C[C@@H]1CNC[C@H]1C(=O)Nc1ccc(S(C)(=O)=O)nc1.Cl. The molecule has 6 nitrogen and oxygen atoms in total. The number of hydrogen-bond acceptors (Lipinski definition) is 5. The van der Waals surface area contributed by atoms with Crippen LogP contribution >= 0.6 is 12.4 Å². The second kappa shape index (κ2) is 6.51. The Morgan fingerprint density at radius 1 is 1.40 bits per heavy atom. The normalized spacial score (nSPS) is 22.1. The molecule has 8 heteroatoms. The van der Waals surface area contributed by atoms with E-state index < -0.39 is 9.84 Å². The average Bonchev–Trinajstić information content (AvgIpc) is 2.75. The number of rotatable bonds is 3. The summed E-state index contributed by atoms with van der Waals surface area (Å²) in [5.41, 5.74) is 0.511. The molecule has 20 heavy (non-hydrogen) atoms. The van der Waals surface area contributed by atoms with Gasteiger partial charge in [-0.05, 0) is 24.6 Å². The Balaban J connectivity index is 0.00000200. The van der Waals surface area contributed by atoms with Gasteiger partial charge in [-0.15, -0.1) is 12.4 Å². The van der Waals surface area contributed by atoms with Crippen LogP contribution in [0.4, 0.5) is 5.69 Å². The molecular formula is C12H18ClN3O3S. The van der Waals surface area contributed by atoms with Gasteiger partial charge in [0.25, 0.3) is 0 Å². The predicted molar refractivity (Wildman–Crippen MR) is 78.7 cm³/mol. The Kier molecular flexibility index (Phi) is 5.50. The largest absolute Gasteiger partial charge is 0.324 e. The fraction of sp³-hybridized carbons (Fsp3) is 0.500. The zero-order chi connectivity index (χ0) is 14.0. The molecule has 0 aromatic carbocycles. The zero-order valence-electron chi connectivity index (χ0n) is 11.3. The van der Waals surface area contributed by atoms with Crippen molar-refractivity contribution in [1.29, 1.82) is 0 Å². The number of nitrogens with zero attached hydrogens (tertiary/aromatic N) is 1. The maximum absolute atomic E-state index is 12.0. The van der Waals surface area contributed by atoms with E-state index in [-0.39, 0.29) is 29.3 Å². The Hall–Kier alpha value is -1.18. The molecule has 1 saturated heterocycles. The molecule has 1 aromatic heterocycles.